The lowest BCUT2D eigenvalue weighted by Gasteiger charge is -2.26. The Hall–Kier alpha value is -2.17. The van der Waals surface area contributed by atoms with Crippen LogP contribution in [-0.2, 0) is 4.79 Å². The number of anilines is 1. The van der Waals surface area contributed by atoms with E-state index in [1.54, 1.807) is 25.3 Å². The lowest BCUT2D eigenvalue weighted by Crippen LogP contribution is -2.23. The van der Waals surface area contributed by atoms with Crippen molar-refractivity contribution in [3.8, 4) is 5.75 Å². The van der Waals surface area contributed by atoms with Gasteiger partial charge >= 0.3 is 0 Å². The Morgan fingerprint density at radius 1 is 1.39 bits per heavy atom. The van der Waals surface area contributed by atoms with Crippen LogP contribution in [0.15, 0.2) is 36.9 Å². The Morgan fingerprint density at radius 2 is 2.09 bits per heavy atom. The standard InChI is InChI=1S/C18H21F2NO2/c1-3-17(22)21-15-6-7-16(23-2)14(12-15)5-4-13-8-10-18(19,20)11-9-13/h3-7,12-13H,1,8-11H2,2H3,(H,21,22)/b5-4+. The molecule has 0 saturated heterocycles. The quantitative estimate of drug-likeness (QED) is 0.801. The Balaban J connectivity index is 2.11. The number of benzene rings is 1. The average Bonchev–Trinajstić information content (AvgIpc) is 2.54. The predicted octanol–water partition coefficient (Wildman–Crippen LogP) is 4.66. The van der Waals surface area contributed by atoms with Crippen molar-refractivity contribution in [1.29, 1.82) is 0 Å². The van der Waals surface area contributed by atoms with Gasteiger partial charge < -0.3 is 10.1 Å². The summed E-state index contributed by atoms with van der Waals surface area (Å²) in [6.07, 6.45) is 5.87. The number of hydrogen-bond acceptors (Lipinski definition) is 2. The van der Waals surface area contributed by atoms with Gasteiger partial charge in [0.2, 0.25) is 11.8 Å². The van der Waals surface area contributed by atoms with E-state index in [2.05, 4.69) is 11.9 Å². The van der Waals surface area contributed by atoms with Crippen LogP contribution in [0.4, 0.5) is 14.5 Å². The Morgan fingerprint density at radius 3 is 2.70 bits per heavy atom. The Labute approximate surface area is 135 Å². The lowest BCUT2D eigenvalue weighted by molar-refractivity contribution is -0.111. The van der Waals surface area contributed by atoms with E-state index in [9.17, 15) is 13.6 Å². The number of alkyl halides is 2. The molecule has 0 radical (unpaired) electrons. The smallest absolute Gasteiger partial charge is 0.248 e. The third-order valence-corrected chi connectivity index (χ3v) is 3.99. The van der Waals surface area contributed by atoms with Gasteiger partial charge in [0.05, 0.1) is 7.11 Å². The van der Waals surface area contributed by atoms with Crippen LogP contribution in [0.1, 0.15) is 31.2 Å². The van der Waals surface area contributed by atoms with Gasteiger partial charge in [0.15, 0.2) is 0 Å². The van der Waals surface area contributed by atoms with Crippen LogP contribution in [0.3, 0.4) is 0 Å². The highest BCUT2D eigenvalue weighted by atomic mass is 19.3. The van der Waals surface area contributed by atoms with E-state index < -0.39 is 5.92 Å². The molecule has 1 aromatic rings. The summed E-state index contributed by atoms with van der Waals surface area (Å²) < 4.78 is 31.7. The molecule has 2 rings (SSSR count). The van der Waals surface area contributed by atoms with Gasteiger partial charge in [-0.05, 0) is 43.0 Å². The van der Waals surface area contributed by atoms with Crippen LogP contribution >= 0.6 is 0 Å². The number of ether oxygens (including phenoxy) is 1. The molecule has 1 amide bonds. The first-order valence-corrected chi connectivity index (χ1v) is 7.61. The zero-order chi connectivity index (χ0) is 16.9. The molecule has 1 aromatic carbocycles. The average molecular weight is 321 g/mol. The van der Waals surface area contributed by atoms with Gasteiger partial charge in [-0.2, -0.15) is 0 Å². The molecule has 0 aliphatic heterocycles. The van der Waals surface area contributed by atoms with Gasteiger partial charge in [-0.15, -0.1) is 0 Å². The summed E-state index contributed by atoms with van der Waals surface area (Å²) in [6, 6.07) is 5.28. The van der Waals surface area contributed by atoms with Crippen molar-refractivity contribution in [3.63, 3.8) is 0 Å². The number of allylic oxidation sites excluding steroid dienone is 1. The normalized spacial score (nSPS) is 17.9. The fraction of sp³-hybridized carbons (Fsp3) is 0.389. The van der Waals surface area contributed by atoms with E-state index in [1.807, 2.05) is 12.2 Å². The molecule has 23 heavy (non-hydrogen) atoms. The molecule has 0 spiro atoms. The Kier molecular flexibility index (Phi) is 5.53. The van der Waals surface area contributed by atoms with Crippen molar-refractivity contribution in [1.82, 2.24) is 0 Å². The van der Waals surface area contributed by atoms with Crippen LogP contribution in [0.2, 0.25) is 0 Å². The molecule has 1 saturated carbocycles. The largest absolute Gasteiger partial charge is 0.496 e. The van der Waals surface area contributed by atoms with Gasteiger partial charge in [-0.3, -0.25) is 4.79 Å². The van der Waals surface area contributed by atoms with E-state index in [0.29, 0.717) is 24.3 Å². The number of methoxy groups -OCH3 is 1. The molecular formula is C18H21F2NO2. The summed E-state index contributed by atoms with van der Waals surface area (Å²) in [6.45, 7) is 3.41. The van der Waals surface area contributed by atoms with Crippen molar-refractivity contribution < 1.29 is 18.3 Å². The minimum atomic E-state index is -2.52. The maximum Gasteiger partial charge on any atom is 0.248 e. The molecular weight excluding hydrogens is 300 g/mol. The highest BCUT2D eigenvalue weighted by molar-refractivity contribution is 5.99. The summed E-state index contributed by atoms with van der Waals surface area (Å²) in [5.74, 6) is -2.00. The van der Waals surface area contributed by atoms with E-state index in [1.165, 1.54) is 6.08 Å². The summed E-state index contributed by atoms with van der Waals surface area (Å²) in [5, 5.41) is 2.69. The molecule has 1 N–H and O–H groups in total. The van der Waals surface area contributed by atoms with Crippen LogP contribution < -0.4 is 10.1 Å². The fourth-order valence-corrected chi connectivity index (χ4v) is 2.63. The number of carbonyl (C=O) groups is 1. The number of halogens is 2. The summed E-state index contributed by atoms with van der Waals surface area (Å²) >= 11 is 0. The lowest BCUT2D eigenvalue weighted by atomic mass is 9.86. The molecule has 1 fully saturated rings. The zero-order valence-electron chi connectivity index (χ0n) is 13.1. The number of carbonyl (C=O) groups excluding carboxylic acids is 1. The van der Waals surface area contributed by atoms with Crippen LogP contribution in [0, 0.1) is 5.92 Å². The maximum absolute atomic E-state index is 13.2. The molecule has 3 nitrogen and oxygen atoms in total. The van der Waals surface area contributed by atoms with Gasteiger partial charge in [-0.25, -0.2) is 8.78 Å². The first-order chi connectivity index (χ1) is 10.9. The zero-order valence-corrected chi connectivity index (χ0v) is 13.1. The highest BCUT2D eigenvalue weighted by Crippen LogP contribution is 2.37. The topological polar surface area (TPSA) is 38.3 Å². The van der Waals surface area contributed by atoms with E-state index in [4.69, 9.17) is 4.74 Å². The molecule has 0 heterocycles. The summed E-state index contributed by atoms with van der Waals surface area (Å²) in [7, 11) is 1.57. The second kappa shape index (κ2) is 7.40. The van der Waals surface area contributed by atoms with Gasteiger partial charge in [0.25, 0.3) is 0 Å². The fourth-order valence-electron chi connectivity index (χ4n) is 2.63. The first-order valence-electron chi connectivity index (χ1n) is 7.61. The molecule has 0 aromatic heterocycles. The van der Waals surface area contributed by atoms with Crippen LogP contribution in [0.25, 0.3) is 6.08 Å². The van der Waals surface area contributed by atoms with Crippen molar-refractivity contribution in [2.45, 2.75) is 31.6 Å². The molecule has 0 bridgehead atoms. The highest BCUT2D eigenvalue weighted by Gasteiger charge is 2.33. The monoisotopic (exact) mass is 321 g/mol. The molecule has 124 valence electrons. The van der Waals surface area contributed by atoms with Crippen LogP contribution in [0.5, 0.6) is 5.75 Å². The molecule has 0 atom stereocenters. The number of nitrogens with one attached hydrogen (secondary N) is 1. The van der Waals surface area contributed by atoms with Gasteiger partial charge in [0.1, 0.15) is 5.75 Å². The molecule has 1 aliphatic rings. The maximum atomic E-state index is 13.2. The summed E-state index contributed by atoms with van der Waals surface area (Å²) in [4.78, 5) is 11.4. The van der Waals surface area contributed by atoms with E-state index >= 15 is 0 Å². The predicted molar refractivity (Wildman–Crippen MR) is 87.8 cm³/mol. The third kappa shape index (κ3) is 4.91. The SMILES string of the molecule is C=CC(=O)Nc1ccc(OC)c(/C=C/C2CCC(F)(F)CC2)c1. The van der Waals surface area contributed by atoms with Gasteiger partial charge in [-0.1, -0.05) is 18.7 Å². The summed E-state index contributed by atoms with van der Waals surface area (Å²) in [5.41, 5.74) is 1.43. The number of hydrogen-bond donors (Lipinski definition) is 1. The number of amides is 1. The van der Waals surface area contributed by atoms with Gasteiger partial charge in [0, 0.05) is 24.1 Å². The van der Waals surface area contributed by atoms with E-state index in [0.717, 1.165) is 5.56 Å². The van der Waals surface area contributed by atoms with Crippen molar-refractivity contribution in [3.05, 3.63) is 42.5 Å². The molecule has 1 aliphatic carbocycles. The first kappa shape index (κ1) is 17.2. The minimum Gasteiger partial charge on any atom is -0.496 e. The second-order valence-corrected chi connectivity index (χ2v) is 5.70. The van der Waals surface area contributed by atoms with Crippen molar-refractivity contribution in [2.24, 2.45) is 5.92 Å². The molecule has 5 heteroatoms. The van der Waals surface area contributed by atoms with Crippen molar-refractivity contribution >= 4 is 17.7 Å². The number of rotatable bonds is 5. The second-order valence-electron chi connectivity index (χ2n) is 5.70. The third-order valence-electron chi connectivity index (χ3n) is 3.99. The van der Waals surface area contributed by atoms with Crippen LogP contribution in [-0.4, -0.2) is 18.9 Å². The molecule has 0 unspecified atom stereocenters. The minimum absolute atomic E-state index is 0.0609. The van der Waals surface area contributed by atoms with E-state index in [-0.39, 0.29) is 24.7 Å². The van der Waals surface area contributed by atoms with Crippen molar-refractivity contribution in [2.75, 3.05) is 12.4 Å². The Bertz CT molecular complexity index is 601.